The maximum atomic E-state index is 9.98. The molecule has 0 aromatic heterocycles. The normalized spacial score (nSPS) is 31.4. The molecule has 3 nitrogen and oxygen atoms in total. The Morgan fingerprint density at radius 2 is 2.06 bits per heavy atom. The van der Waals surface area contributed by atoms with E-state index in [0.717, 1.165) is 25.2 Å². The minimum atomic E-state index is -0.421. The van der Waals surface area contributed by atoms with Gasteiger partial charge in [-0.1, -0.05) is 19.8 Å². The van der Waals surface area contributed by atoms with Crippen LogP contribution in [-0.4, -0.2) is 35.6 Å². The zero-order valence-corrected chi connectivity index (χ0v) is 11.3. The molecular weight excluding hydrogens is 216 g/mol. The molecule has 4 atom stereocenters. The lowest BCUT2D eigenvalue weighted by atomic mass is 9.75. The van der Waals surface area contributed by atoms with Gasteiger partial charge in [0.2, 0.25) is 0 Å². The van der Waals surface area contributed by atoms with Gasteiger partial charge >= 0.3 is 0 Å². The molecule has 102 valence electrons. The summed E-state index contributed by atoms with van der Waals surface area (Å²) in [6.45, 7) is 5.18. The molecule has 3 heteroatoms. The van der Waals surface area contributed by atoms with Crippen LogP contribution in [0.1, 0.15) is 52.4 Å². The van der Waals surface area contributed by atoms with E-state index in [4.69, 9.17) is 4.74 Å². The summed E-state index contributed by atoms with van der Waals surface area (Å²) in [5, 5.41) is 19.8. The summed E-state index contributed by atoms with van der Waals surface area (Å²) < 4.78 is 5.21. The second-order valence-electron chi connectivity index (χ2n) is 5.34. The van der Waals surface area contributed by atoms with Gasteiger partial charge in [0.1, 0.15) is 0 Å². The van der Waals surface area contributed by atoms with Crippen LogP contribution in [0.3, 0.4) is 0 Å². The van der Waals surface area contributed by atoms with E-state index in [2.05, 4.69) is 6.92 Å². The Balaban J connectivity index is 2.33. The second-order valence-corrected chi connectivity index (χ2v) is 5.34. The van der Waals surface area contributed by atoms with Crippen LogP contribution in [-0.2, 0) is 4.74 Å². The minimum Gasteiger partial charge on any atom is -0.393 e. The molecule has 0 aliphatic heterocycles. The zero-order valence-electron chi connectivity index (χ0n) is 11.3. The van der Waals surface area contributed by atoms with Crippen molar-refractivity contribution < 1.29 is 14.9 Å². The number of aliphatic hydroxyl groups is 2. The molecule has 0 spiro atoms. The van der Waals surface area contributed by atoms with Crippen molar-refractivity contribution in [2.75, 3.05) is 13.2 Å². The molecule has 17 heavy (non-hydrogen) atoms. The highest BCUT2D eigenvalue weighted by atomic mass is 16.5. The smallest absolute Gasteiger partial charge is 0.0777 e. The van der Waals surface area contributed by atoms with Crippen molar-refractivity contribution in [2.45, 2.75) is 64.6 Å². The van der Waals surface area contributed by atoms with Crippen LogP contribution < -0.4 is 0 Å². The Labute approximate surface area is 105 Å². The highest BCUT2D eigenvalue weighted by Gasteiger charge is 2.30. The van der Waals surface area contributed by atoms with Crippen molar-refractivity contribution in [2.24, 2.45) is 11.8 Å². The van der Waals surface area contributed by atoms with E-state index < -0.39 is 6.10 Å². The summed E-state index contributed by atoms with van der Waals surface area (Å²) in [6, 6.07) is 0. The van der Waals surface area contributed by atoms with Crippen LogP contribution in [0.15, 0.2) is 0 Å². The van der Waals surface area contributed by atoms with E-state index in [-0.39, 0.29) is 12.0 Å². The average Bonchev–Trinajstić information content (AvgIpc) is 2.31. The van der Waals surface area contributed by atoms with E-state index in [0.29, 0.717) is 19.6 Å². The fraction of sp³-hybridized carbons (Fsp3) is 1.00. The fourth-order valence-electron chi connectivity index (χ4n) is 2.94. The van der Waals surface area contributed by atoms with Gasteiger partial charge in [0.15, 0.2) is 0 Å². The van der Waals surface area contributed by atoms with Gasteiger partial charge < -0.3 is 14.9 Å². The molecule has 0 heterocycles. The van der Waals surface area contributed by atoms with Gasteiger partial charge in [-0.15, -0.1) is 0 Å². The van der Waals surface area contributed by atoms with Crippen molar-refractivity contribution in [3.8, 4) is 0 Å². The average molecular weight is 244 g/mol. The molecule has 0 saturated heterocycles. The van der Waals surface area contributed by atoms with E-state index in [9.17, 15) is 10.2 Å². The summed E-state index contributed by atoms with van der Waals surface area (Å²) in [6.07, 6.45) is 5.62. The summed E-state index contributed by atoms with van der Waals surface area (Å²) in [5.41, 5.74) is 0. The number of hydrogen-bond acceptors (Lipinski definition) is 3. The van der Waals surface area contributed by atoms with Gasteiger partial charge in [-0.2, -0.15) is 0 Å². The minimum absolute atomic E-state index is 0.223. The van der Waals surface area contributed by atoms with Crippen molar-refractivity contribution in [3.05, 3.63) is 0 Å². The Hall–Kier alpha value is -0.120. The van der Waals surface area contributed by atoms with E-state index in [1.165, 1.54) is 12.8 Å². The third-order valence-electron chi connectivity index (χ3n) is 3.84. The SMILES string of the molecule is CCCC1CCC(O)C(CC(O)COCC)C1. The molecule has 0 radical (unpaired) electrons. The van der Waals surface area contributed by atoms with E-state index in [1.807, 2.05) is 6.92 Å². The Morgan fingerprint density at radius 3 is 2.71 bits per heavy atom. The monoisotopic (exact) mass is 244 g/mol. The van der Waals surface area contributed by atoms with Crippen molar-refractivity contribution in [3.63, 3.8) is 0 Å². The molecule has 1 rings (SSSR count). The summed E-state index contributed by atoms with van der Waals surface area (Å²) in [7, 11) is 0. The van der Waals surface area contributed by atoms with Gasteiger partial charge in [-0.25, -0.2) is 0 Å². The molecule has 0 aromatic carbocycles. The van der Waals surface area contributed by atoms with E-state index >= 15 is 0 Å². The van der Waals surface area contributed by atoms with Crippen LogP contribution >= 0.6 is 0 Å². The molecule has 0 aromatic rings. The van der Waals surface area contributed by atoms with Gasteiger partial charge in [0, 0.05) is 6.61 Å². The lowest BCUT2D eigenvalue weighted by Crippen LogP contribution is -2.33. The maximum Gasteiger partial charge on any atom is 0.0777 e. The number of rotatable bonds is 7. The summed E-state index contributed by atoms with van der Waals surface area (Å²) in [4.78, 5) is 0. The van der Waals surface area contributed by atoms with Crippen molar-refractivity contribution >= 4 is 0 Å². The van der Waals surface area contributed by atoms with Gasteiger partial charge in [-0.05, 0) is 44.4 Å². The maximum absolute atomic E-state index is 9.98. The van der Waals surface area contributed by atoms with Crippen molar-refractivity contribution in [1.82, 2.24) is 0 Å². The van der Waals surface area contributed by atoms with E-state index in [1.54, 1.807) is 0 Å². The molecule has 0 amide bonds. The van der Waals surface area contributed by atoms with Crippen LogP contribution in [0.4, 0.5) is 0 Å². The molecule has 1 aliphatic rings. The predicted octanol–water partition coefficient (Wildman–Crippen LogP) is 2.35. The third-order valence-corrected chi connectivity index (χ3v) is 3.84. The van der Waals surface area contributed by atoms with Gasteiger partial charge in [-0.3, -0.25) is 0 Å². The first-order valence-electron chi connectivity index (χ1n) is 7.11. The number of hydrogen-bond donors (Lipinski definition) is 2. The highest BCUT2D eigenvalue weighted by Crippen LogP contribution is 2.34. The van der Waals surface area contributed by atoms with Crippen molar-refractivity contribution in [1.29, 1.82) is 0 Å². The molecule has 1 aliphatic carbocycles. The quantitative estimate of drug-likeness (QED) is 0.723. The van der Waals surface area contributed by atoms with Gasteiger partial charge in [0.25, 0.3) is 0 Å². The first kappa shape index (κ1) is 14.9. The molecule has 1 fully saturated rings. The van der Waals surface area contributed by atoms with Crippen LogP contribution in [0.2, 0.25) is 0 Å². The zero-order chi connectivity index (χ0) is 12.7. The first-order valence-corrected chi connectivity index (χ1v) is 7.11. The molecule has 0 bridgehead atoms. The first-order chi connectivity index (χ1) is 8.17. The highest BCUT2D eigenvalue weighted by molar-refractivity contribution is 4.81. The Morgan fingerprint density at radius 1 is 1.29 bits per heavy atom. The largest absolute Gasteiger partial charge is 0.393 e. The standard InChI is InChI=1S/C14H28O3/c1-3-5-11-6-7-14(16)12(8-11)9-13(15)10-17-4-2/h11-16H,3-10H2,1-2H3. The molecule has 2 N–H and O–H groups in total. The predicted molar refractivity (Wildman–Crippen MR) is 68.9 cm³/mol. The summed E-state index contributed by atoms with van der Waals surface area (Å²) >= 11 is 0. The third kappa shape index (κ3) is 5.36. The van der Waals surface area contributed by atoms with Crippen LogP contribution in [0, 0.1) is 11.8 Å². The lowest BCUT2D eigenvalue weighted by Gasteiger charge is -2.34. The van der Waals surface area contributed by atoms with Crippen LogP contribution in [0.25, 0.3) is 0 Å². The topological polar surface area (TPSA) is 49.7 Å². The Kier molecular flexibility index (Phi) is 7.09. The molecular formula is C14H28O3. The number of aliphatic hydroxyl groups excluding tert-OH is 2. The summed E-state index contributed by atoms with van der Waals surface area (Å²) in [5.74, 6) is 1.00. The van der Waals surface area contributed by atoms with Crippen LogP contribution in [0.5, 0.6) is 0 Å². The Bertz CT molecular complexity index is 196. The fourth-order valence-corrected chi connectivity index (χ4v) is 2.94. The number of ether oxygens (including phenoxy) is 1. The van der Waals surface area contributed by atoms with Gasteiger partial charge in [0.05, 0.1) is 18.8 Å². The molecule has 4 unspecified atom stereocenters. The molecule has 1 saturated carbocycles. The second kappa shape index (κ2) is 8.06. The lowest BCUT2D eigenvalue weighted by molar-refractivity contribution is -0.0130.